The topological polar surface area (TPSA) is 68.1 Å². The Morgan fingerprint density at radius 2 is 1.72 bits per heavy atom. The quantitative estimate of drug-likeness (QED) is 0.393. The van der Waals surface area contributed by atoms with Gasteiger partial charge in [0.05, 0.1) is 25.8 Å². The zero-order chi connectivity index (χ0) is 22.7. The Labute approximate surface area is 193 Å². The second kappa shape index (κ2) is 9.94. The third-order valence-corrected chi connectivity index (χ3v) is 6.62. The minimum Gasteiger partial charge on any atom is -0.370 e. The molecule has 2 saturated heterocycles. The number of quaternary nitrogens is 1. The van der Waals surface area contributed by atoms with Crippen molar-refractivity contribution in [1.29, 1.82) is 0 Å². The van der Waals surface area contributed by atoms with Crippen molar-refractivity contribution in [2.24, 2.45) is 5.92 Å². The van der Waals surface area contributed by atoms with E-state index >= 15 is 0 Å². The monoisotopic (exact) mass is 455 g/mol. The van der Waals surface area contributed by atoms with Crippen LogP contribution >= 0.6 is 11.6 Å². The number of aryl methyl sites for hydroxylation is 1. The molecule has 1 amide bonds. The molecule has 0 aliphatic carbocycles. The third kappa shape index (κ3) is 4.77. The number of rotatable bonds is 7. The fourth-order valence-corrected chi connectivity index (χ4v) is 4.69. The van der Waals surface area contributed by atoms with Gasteiger partial charge in [-0.1, -0.05) is 41.4 Å². The summed E-state index contributed by atoms with van der Waals surface area (Å²) in [5.74, 6) is -2.59. The molecule has 32 heavy (non-hydrogen) atoms. The fourth-order valence-electron chi connectivity index (χ4n) is 4.57. The molecular weight excluding hydrogens is 428 g/mol. The Morgan fingerprint density at radius 3 is 2.38 bits per heavy atom. The number of morpholine rings is 1. The minimum atomic E-state index is -1.05. The number of nitrogens with one attached hydrogen (secondary N) is 1. The maximum atomic E-state index is 13.4. The smallest absolute Gasteiger partial charge is 0.291 e. The second-order valence-corrected chi connectivity index (χ2v) is 8.97. The standard InChI is InChI=1S/C25H27ClN2O4/c1-17-3-5-18(6-4-17)22-21(23(29)19-7-9-20(26)10-8-19)24(30)25(31)28(22)12-2-11-27-13-15-32-16-14-27/h3-10,21-22H,2,11-16H2,1H3/p+1. The zero-order valence-electron chi connectivity index (χ0n) is 18.2. The summed E-state index contributed by atoms with van der Waals surface area (Å²) < 4.78 is 5.41. The van der Waals surface area contributed by atoms with Gasteiger partial charge in [-0.05, 0) is 36.8 Å². The summed E-state index contributed by atoms with van der Waals surface area (Å²) in [5.41, 5.74) is 2.27. The molecular formula is C25H28ClN2O4+. The van der Waals surface area contributed by atoms with Crippen LogP contribution in [0, 0.1) is 12.8 Å². The summed E-state index contributed by atoms with van der Waals surface area (Å²) in [5, 5.41) is 0.512. The van der Waals surface area contributed by atoms with Gasteiger partial charge in [0, 0.05) is 23.6 Å². The molecule has 2 aliphatic heterocycles. The largest absolute Gasteiger partial charge is 0.370 e. The van der Waals surface area contributed by atoms with Crippen molar-refractivity contribution in [3.63, 3.8) is 0 Å². The van der Waals surface area contributed by atoms with E-state index in [2.05, 4.69) is 0 Å². The van der Waals surface area contributed by atoms with Gasteiger partial charge in [0.15, 0.2) is 5.78 Å². The molecule has 2 fully saturated rings. The molecule has 1 N–H and O–H groups in total. The van der Waals surface area contributed by atoms with Gasteiger partial charge in [0.2, 0.25) is 5.78 Å². The highest BCUT2D eigenvalue weighted by atomic mass is 35.5. The zero-order valence-corrected chi connectivity index (χ0v) is 18.9. The van der Waals surface area contributed by atoms with Crippen molar-refractivity contribution in [2.75, 3.05) is 39.4 Å². The summed E-state index contributed by atoms with van der Waals surface area (Å²) in [6, 6.07) is 13.6. The summed E-state index contributed by atoms with van der Waals surface area (Å²) >= 11 is 5.96. The first-order valence-corrected chi connectivity index (χ1v) is 11.5. The first kappa shape index (κ1) is 22.6. The van der Waals surface area contributed by atoms with Gasteiger partial charge < -0.3 is 14.5 Å². The Hall–Kier alpha value is -2.54. The molecule has 0 spiro atoms. The van der Waals surface area contributed by atoms with Crippen molar-refractivity contribution in [3.8, 4) is 0 Å². The summed E-state index contributed by atoms with van der Waals surface area (Å²) in [6.45, 7) is 6.72. The number of halogens is 1. The SMILES string of the molecule is Cc1ccc(C2C(C(=O)c3ccc(Cl)cc3)C(=O)C(=O)N2CCC[NH+]2CCOCC2)cc1. The van der Waals surface area contributed by atoms with E-state index in [1.165, 1.54) is 4.90 Å². The number of carbonyl (C=O) groups is 3. The van der Waals surface area contributed by atoms with Crippen LogP contribution in [-0.4, -0.2) is 61.8 Å². The van der Waals surface area contributed by atoms with Crippen LogP contribution in [0.25, 0.3) is 0 Å². The van der Waals surface area contributed by atoms with Gasteiger partial charge in [0.1, 0.15) is 19.0 Å². The van der Waals surface area contributed by atoms with Crippen molar-refractivity contribution < 1.29 is 24.0 Å². The van der Waals surface area contributed by atoms with Crippen LogP contribution in [0.3, 0.4) is 0 Å². The first-order chi connectivity index (χ1) is 15.5. The Balaban J connectivity index is 1.60. The third-order valence-electron chi connectivity index (χ3n) is 6.36. The van der Waals surface area contributed by atoms with Gasteiger partial charge in [-0.2, -0.15) is 0 Å². The lowest BCUT2D eigenvalue weighted by molar-refractivity contribution is -0.908. The van der Waals surface area contributed by atoms with Crippen molar-refractivity contribution in [3.05, 3.63) is 70.2 Å². The molecule has 2 atom stereocenters. The van der Waals surface area contributed by atoms with Gasteiger partial charge in [-0.3, -0.25) is 14.4 Å². The lowest BCUT2D eigenvalue weighted by Crippen LogP contribution is -3.14. The van der Waals surface area contributed by atoms with Crippen molar-refractivity contribution in [1.82, 2.24) is 4.90 Å². The average Bonchev–Trinajstić information content (AvgIpc) is 3.05. The van der Waals surface area contributed by atoms with Gasteiger partial charge in [-0.25, -0.2) is 0 Å². The number of hydrogen-bond acceptors (Lipinski definition) is 4. The molecule has 2 aliphatic rings. The van der Waals surface area contributed by atoms with Gasteiger partial charge >= 0.3 is 0 Å². The fraction of sp³-hybridized carbons (Fsp3) is 0.400. The molecule has 2 heterocycles. The predicted molar refractivity (Wildman–Crippen MR) is 121 cm³/mol. The number of amides is 1. The maximum absolute atomic E-state index is 13.4. The Morgan fingerprint density at radius 1 is 1.06 bits per heavy atom. The van der Waals surface area contributed by atoms with E-state index in [4.69, 9.17) is 16.3 Å². The average molecular weight is 456 g/mol. The number of carbonyl (C=O) groups excluding carboxylic acids is 3. The Kier molecular flexibility index (Phi) is 7.04. The molecule has 0 saturated carbocycles. The van der Waals surface area contributed by atoms with Crippen LogP contribution in [-0.2, 0) is 14.3 Å². The molecule has 4 rings (SSSR count). The predicted octanol–water partition coefficient (Wildman–Crippen LogP) is 1.91. The number of nitrogens with zero attached hydrogens (tertiary/aromatic N) is 1. The van der Waals surface area contributed by atoms with E-state index in [1.807, 2.05) is 31.2 Å². The van der Waals surface area contributed by atoms with Crippen LogP contribution in [0.15, 0.2) is 48.5 Å². The van der Waals surface area contributed by atoms with E-state index in [1.54, 1.807) is 29.2 Å². The first-order valence-electron chi connectivity index (χ1n) is 11.1. The van der Waals surface area contributed by atoms with E-state index in [0.717, 1.165) is 50.4 Å². The highest BCUT2D eigenvalue weighted by molar-refractivity contribution is 6.44. The number of ether oxygens (including phenoxy) is 1. The molecule has 168 valence electrons. The molecule has 2 unspecified atom stereocenters. The number of ketones is 2. The van der Waals surface area contributed by atoms with Crippen LogP contribution in [0.1, 0.15) is 33.9 Å². The number of Topliss-reactive ketones (excluding diaryl/α,β-unsaturated/α-hetero) is 2. The van der Waals surface area contributed by atoms with Crippen LogP contribution in [0.2, 0.25) is 5.02 Å². The molecule has 6 nitrogen and oxygen atoms in total. The highest BCUT2D eigenvalue weighted by Crippen LogP contribution is 2.38. The molecule has 2 aromatic carbocycles. The van der Waals surface area contributed by atoms with E-state index in [9.17, 15) is 14.4 Å². The normalized spacial score (nSPS) is 21.9. The number of likely N-dealkylation sites (tertiary alicyclic amines) is 1. The summed E-state index contributed by atoms with van der Waals surface area (Å²) in [6.07, 6.45) is 0.762. The minimum absolute atomic E-state index is 0.341. The lowest BCUT2D eigenvalue weighted by Gasteiger charge is -2.29. The van der Waals surface area contributed by atoms with E-state index in [-0.39, 0.29) is 5.78 Å². The van der Waals surface area contributed by atoms with Gasteiger partial charge in [-0.15, -0.1) is 0 Å². The van der Waals surface area contributed by atoms with Crippen molar-refractivity contribution in [2.45, 2.75) is 19.4 Å². The van der Waals surface area contributed by atoms with E-state index < -0.39 is 23.7 Å². The molecule has 7 heteroatoms. The van der Waals surface area contributed by atoms with Gasteiger partial charge in [0.25, 0.3) is 5.91 Å². The molecule has 0 aromatic heterocycles. The lowest BCUT2D eigenvalue weighted by atomic mass is 9.86. The van der Waals surface area contributed by atoms with Crippen LogP contribution in [0.4, 0.5) is 0 Å². The molecule has 0 radical (unpaired) electrons. The van der Waals surface area contributed by atoms with Crippen LogP contribution < -0.4 is 4.90 Å². The van der Waals surface area contributed by atoms with Crippen LogP contribution in [0.5, 0.6) is 0 Å². The molecule has 0 bridgehead atoms. The number of benzene rings is 2. The number of hydrogen-bond donors (Lipinski definition) is 1. The summed E-state index contributed by atoms with van der Waals surface area (Å²) in [4.78, 5) is 42.5. The Bertz CT molecular complexity index is 984. The second-order valence-electron chi connectivity index (χ2n) is 8.53. The summed E-state index contributed by atoms with van der Waals surface area (Å²) in [7, 11) is 0. The van der Waals surface area contributed by atoms with Crippen molar-refractivity contribution >= 4 is 29.1 Å². The highest BCUT2D eigenvalue weighted by Gasteiger charge is 2.51. The maximum Gasteiger partial charge on any atom is 0.291 e. The molecule has 2 aromatic rings. The van der Waals surface area contributed by atoms with E-state index in [0.29, 0.717) is 17.1 Å².